The van der Waals surface area contributed by atoms with E-state index in [1.807, 2.05) is 30.5 Å². The number of ether oxygens (including phenoxy) is 1. The van der Waals surface area contributed by atoms with E-state index < -0.39 is 5.82 Å². The Morgan fingerprint density at radius 3 is 2.48 bits per heavy atom. The van der Waals surface area contributed by atoms with Crippen LogP contribution in [-0.4, -0.2) is 19.1 Å². The number of benzene rings is 2. The van der Waals surface area contributed by atoms with Crippen LogP contribution in [0.4, 0.5) is 4.39 Å². The molecule has 0 saturated heterocycles. The van der Waals surface area contributed by atoms with Crippen LogP contribution in [0.25, 0.3) is 6.08 Å². The molecule has 0 aliphatic heterocycles. The molecular formula is C17H15FO2S. The predicted octanol–water partition coefficient (Wildman–Crippen LogP) is 4.45. The van der Waals surface area contributed by atoms with Gasteiger partial charge in [0.15, 0.2) is 17.3 Å². The maximum atomic E-state index is 13.6. The molecule has 2 nitrogen and oxygen atoms in total. The smallest absolute Gasteiger partial charge is 0.185 e. The Hall–Kier alpha value is -2.07. The lowest BCUT2D eigenvalue weighted by Crippen LogP contribution is -1.97. The minimum Gasteiger partial charge on any atom is -0.494 e. The minimum atomic E-state index is -0.541. The molecule has 2 aromatic rings. The Balaban J connectivity index is 2.12. The summed E-state index contributed by atoms with van der Waals surface area (Å²) in [6, 6.07) is 12.0. The van der Waals surface area contributed by atoms with Crippen LogP contribution in [0.3, 0.4) is 0 Å². The third kappa shape index (κ3) is 3.95. The number of halogens is 1. The first-order valence-electron chi connectivity index (χ1n) is 6.34. The van der Waals surface area contributed by atoms with Gasteiger partial charge in [-0.3, -0.25) is 4.79 Å². The fourth-order valence-corrected chi connectivity index (χ4v) is 2.21. The topological polar surface area (TPSA) is 26.3 Å². The van der Waals surface area contributed by atoms with Gasteiger partial charge in [-0.15, -0.1) is 11.8 Å². The maximum absolute atomic E-state index is 13.6. The number of hydrogen-bond donors (Lipinski definition) is 0. The second-order valence-corrected chi connectivity index (χ2v) is 5.20. The second-order valence-electron chi connectivity index (χ2n) is 4.32. The monoisotopic (exact) mass is 302 g/mol. The van der Waals surface area contributed by atoms with Crippen molar-refractivity contribution < 1.29 is 13.9 Å². The first kappa shape index (κ1) is 15.3. The normalized spacial score (nSPS) is 10.8. The molecule has 0 unspecified atom stereocenters. The molecule has 108 valence electrons. The van der Waals surface area contributed by atoms with E-state index in [0.717, 1.165) is 10.5 Å². The van der Waals surface area contributed by atoms with E-state index in [9.17, 15) is 9.18 Å². The lowest BCUT2D eigenvalue weighted by molar-refractivity contribution is 0.104. The molecule has 0 bridgehead atoms. The summed E-state index contributed by atoms with van der Waals surface area (Å²) in [6.07, 6.45) is 5.16. The second kappa shape index (κ2) is 7.09. The summed E-state index contributed by atoms with van der Waals surface area (Å²) >= 11 is 1.66. The fraction of sp³-hybridized carbons (Fsp3) is 0.118. The standard InChI is InChI=1S/C17H15FO2S/c1-20-17-10-6-13(11-15(17)18)16(19)9-5-12-3-7-14(21-2)8-4-12/h3-11H,1-2H3. The van der Waals surface area contributed by atoms with Crippen molar-refractivity contribution in [3.8, 4) is 5.75 Å². The number of ketones is 1. The van der Waals surface area contributed by atoms with Crippen LogP contribution in [0.15, 0.2) is 53.4 Å². The number of methoxy groups -OCH3 is 1. The predicted molar refractivity (Wildman–Crippen MR) is 84.5 cm³/mol. The van der Waals surface area contributed by atoms with Crippen molar-refractivity contribution in [1.82, 2.24) is 0 Å². The van der Waals surface area contributed by atoms with E-state index in [4.69, 9.17) is 4.74 Å². The van der Waals surface area contributed by atoms with Crippen molar-refractivity contribution in [3.63, 3.8) is 0 Å². The third-order valence-electron chi connectivity index (χ3n) is 2.98. The van der Waals surface area contributed by atoms with Crippen LogP contribution in [0, 0.1) is 5.82 Å². The van der Waals surface area contributed by atoms with Crippen molar-refractivity contribution in [1.29, 1.82) is 0 Å². The lowest BCUT2D eigenvalue weighted by atomic mass is 10.1. The van der Waals surface area contributed by atoms with Crippen molar-refractivity contribution in [3.05, 3.63) is 65.5 Å². The highest BCUT2D eigenvalue weighted by atomic mass is 32.2. The highest BCUT2D eigenvalue weighted by molar-refractivity contribution is 7.98. The Bertz CT molecular complexity index is 663. The number of carbonyl (C=O) groups is 1. The van der Waals surface area contributed by atoms with Crippen molar-refractivity contribution in [2.75, 3.05) is 13.4 Å². The van der Waals surface area contributed by atoms with Gasteiger partial charge in [-0.25, -0.2) is 4.39 Å². The summed E-state index contributed by atoms with van der Waals surface area (Å²) in [5.41, 5.74) is 1.22. The van der Waals surface area contributed by atoms with E-state index in [0.29, 0.717) is 5.56 Å². The SMILES string of the molecule is COc1ccc(C(=O)C=Cc2ccc(SC)cc2)cc1F. The molecule has 0 atom stereocenters. The molecule has 2 rings (SSSR count). The highest BCUT2D eigenvalue weighted by Crippen LogP contribution is 2.19. The van der Waals surface area contributed by atoms with Crippen LogP contribution >= 0.6 is 11.8 Å². The zero-order valence-corrected chi connectivity index (χ0v) is 12.6. The minimum absolute atomic E-state index is 0.128. The quantitative estimate of drug-likeness (QED) is 0.463. The van der Waals surface area contributed by atoms with Gasteiger partial charge in [0, 0.05) is 10.5 Å². The van der Waals surface area contributed by atoms with Crippen LogP contribution in [0.1, 0.15) is 15.9 Å². The van der Waals surface area contributed by atoms with Gasteiger partial charge in [-0.2, -0.15) is 0 Å². The first-order valence-corrected chi connectivity index (χ1v) is 7.56. The molecule has 0 N–H and O–H groups in total. The molecule has 0 aromatic heterocycles. The van der Waals surface area contributed by atoms with Crippen LogP contribution in [0.2, 0.25) is 0 Å². The van der Waals surface area contributed by atoms with Gasteiger partial charge >= 0.3 is 0 Å². The van der Waals surface area contributed by atoms with Gasteiger partial charge in [0.2, 0.25) is 0 Å². The number of hydrogen-bond acceptors (Lipinski definition) is 3. The van der Waals surface area contributed by atoms with Gasteiger partial charge in [0.05, 0.1) is 7.11 Å². The van der Waals surface area contributed by atoms with Gasteiger partial charge in [-0.1, -0.05) is 18.2 Å². The Morgan fingerprint density at radius 2 is 1.90 bits per heavy atom. The fourth-order valence-electron chi connectivity index (χ4n) is 1.80. The summed E-state index contributed by atoms with van der Waals surface area (Å²) in [6.45, 7) is 0. The van der Waals surface area contributed by atoms with Crippen molar-refractivity contribution >= 4 is 23.6 Å². The van der Waals surface area contributed by atoms with Gasteiger partial charge in [0.1, 0.15) is 0 Å². The van der Waals surface area contributed by atoms with E-state index in [1.165, 1.54) is 25.3 Å². The Kier molecular flexibility index (Phi) is 5.17. The summed E-state index contributed by atoms with van der Waals surface area (Å²) in [5, 5.41) is 0. The molecule has 4 heteroatoms. The summed E-state index contributed by atoms with van der Waals surface area (Å²) in [4.78, 5) is 13.2. The molecule has 0 heterocycles. The average molecular weight is 302 g/mol. The van der Waals surface area contributed by atoms with E-state index >= 15 is 0 Å². The molecule has 0 radical (unpaired) electrons. The first-order chi connectivity index (χ1) is 10.1. The van der Waals surface area contributed by atoms with E-state index in [-0.39, 0.29) is 11.5 Å². The molecule has 0 aliphatic rings. The van der Waals surface area contributed by atoms with Gasteiger partial charge in [0.25, 0.3) is 0 Å². The zero-order chi connectivity index (χ0) is 15.2. The van der Waals surface area contributed by atoms with E-state index in [2.05, 4.69) is 0 Å². The van der Waals surface area contributed by atoms with Crippen molar-refractivity contribution in [2.45, 2.75) is 4.90 Å². The largest absolute Gasteiger partial charge is 0.494 e. The molecule has 0 fully saturated rings. The molecular weight excluding hydrogens is 287 g/mol. The third-order valence-corrected chi connectivity index (χ3v) is 3.72. The zero-order valence-electron chi connectivity index (χ0n) is 11.8. The number of allylic oxidation sites excluding steroid dienone is 1. The summed E-state index contributed by atoms with van der Waals surface area (Å²) < 4.78 is 18.4. The highest BCUT2D eigenvalue weighted by Gasteiger charge is 2.07. The van der Waals surface area contributed by atoms with Crippen LogP contribution in [-0.2, 0) is 0 Å². The number of carbonyl (C=O) groups excluding carboxylic acids is 1. The van der Waals surface area contributed by atoms with E-state index in [1.54, 1.807) is 23.9 Å². The molecule has 0 spiro atoms. The average Bonchev–Trinajstić information content (AvgIpc) is 2.53. The number of thioether (sulfide) groups is 1. The molecule has 2 aromatic carbocycles. The van der Waals surface area contributed by atoms with Crippen LogP contribution in [0.5, 0.6) is 5.75 Å². The molecule has 0 amide bonds. The van der Waals surface area contributed by atoms with Crippen molar-refractivity contribution in [2.24, 2.45) is 0 Å². The Labute approximate surface area is 127 Å². The molecule has 21 heavy (non-hydrogen) atoms. The summed E-state index contributed by atoms with van der Waals surface area (Å²) in [7, 11) is 1.39. The van der Waals surface area contributed by atoms with Gasteiger partial charge in [-0.05, 0) is 48.2 Å². The van der Waals surface area contributed by atoms with Gasteiger partial charge < -0.3 is 4.74 Å². The lowest BCUT2D eigenvalue weighted by Gasteiger charge is -2.02. The summed E-state index contributed by atoms with van der Waals surface area (Å²) in [5.74, 6) is -0.658. The molecule has 0 saturated carbocycles. The number of rotatable bonds is 5. The van der Waals surface area contributed by atoms with Crippen LogP contribution < -0.4 is 4.74 Å². The maximum Gasteiger partial charge on any atom is 0.185 e. The molecule has 0 aliphatic carbocycles. The Morgan fingerprint density at radius 1 is 1.19 bits per heavy atom.